The highest BCUT2D eigenvalue weighted by Crippen LogP contribution is 2.33. The first-order chi connectivity index (χ1) is 8.64. The molecule has 0 bridgehead atoms. The maximum atomic E-state index is 5.50. The highest BCUT2D eigenvalue weighted by atomic mass is 32.2. The van der Waals surface area contributed by atoms with Gasteiger partial charge < -0.3 is 14.6 Å². The third-order valence-electron chi connectivity index (χ3n) is 3.81. The van der Waals surface area contributed by atoms with Crippen LogP contribution in [0.5, 0.6) is 0 Å². The summed E-state index contributed by atoms with van der Waals surface area (Å²) >= 11 is 1.92. The number of methoxy groups -OCH3 is 1. The van der Waals surface area contributed by atoms with Crippen LogP contribution in [0, 0.1) is 0 Å². The Hall–Kier alpha value is -0.590. The van der Waals surface area contributed by atoms with Crippen LogP contribution in [-0.4, -0.2) is 41.8 Å². The van der Waals surface area contributed by atoms with Crippen molar-refractivity contribution in [3.8, 4) is 0 Å². The number of ether oxygens (including phenoxy) is 1. The standard InChI is InChI=1S/C12H21N3O2S/c1-5-12(2,16-4)11-14-10(17-15-11)8-6-18-7-9(8)13-3/h8-9,13H,5-7H2,1-4H3. The summed E-state index contributed by atoms with van der Waals surface area (Å²) in [4.78, 5) is 4.55. The quantitative estimate of drug-likeness (QED) is 0.880. The van der Waals surface area contributed by atoms with Crippen LogP contribution in [-0.2, 0) is 10.3 Å². The zero-order valence-electron chi connectivity index (χ0n) is 11.4. The van der Waals surface area contributed by atoms with E-state index in [1.165, 1.54) is 0 Å². The Morgan fingerprint density at radius 1 is 1.56 bits per heavy atom. The summed E-state index contributed by atoms with van der Waals surface area (Å²) in [6.45, 7) is 4.04. The van der Waals surface area contributed by atoms with Gasteiger partial charge in [0.2, 0.25) is 11.7 Å². The van der Waals surface area contributed by atoms with E-state index in [-0.39, 0.29) is 0 Å². The molecule has 1 saturated heterocycles. The van der Waals surface area contributed by atoms with Crippen molar-refractivity contribution in [3.63, 3.8) is 0 Å². The Morgan fingerprint density at radius 3 is 2.94 bits per heavy atom. The normalized spacial score (nSPS) is 27.3. The summed E-state index contributed by atoms with van der Waals surface area (Å²) in [6.07, 6.45) is 0.817. The van der Waals surface area contributed by atoms with E-state index in [4.69, 9.17) is 9.26 Å². The minimum absolute atomic E-state index is 0.305. The molecule has 0 aliphatic carbocycles. The molecule has 0 radical (unpaired) electrons. The molecule has 1 N–H and O–H groups in total. The van der Waals surface area contributed by atoms with Gasteiger partial charge in [-0.3, -0.25) is 0 Å². The lowest BCUT2D eigenvalue weighted by molar-refractivity contribution is -0.0106. The average Bonchev–Trinajstić information content (AvgIpc) is 3.05. The van der Waals surface area contributed by atoms with Crippen LogP contribution < -0.4 is 5.32 Å². The van der Waals surface area contributed by atoms with Crippen molar-refractivity contribution in [1.29, 1.82) is 0 Å². The summed E-state index contributed by atoms with van der Waals surface area (Å²) in [7, 11) is 3.66. The molecule has 1 aromatic heterocycles. The lowest BCUT2D eigenvalue weighted by atomic mass is 10.0. The highest BCUT2D eigenvalue weighted by Gasteiger charge is 2.35. The average molecular weight is 271 g/mol. The SMILES string of the molecule is CCC(C)(OC)c1noc(C2CSCC2NC)n1. The molecule has 6 heteroatoms. The smallest absolute Gasteiger partial charge is 0.232 e. The molecule has 3 atom stereocenters. The van der Waals surface area contributed by atoms with Crippen molar-refractivity contribution in [2.75, 3.05) is 25.7 Å². The molecule has 0 aromatic carbocycles. The summed E-state index contributed by atoms with van der Waals surface area (Å²) in [5, 5.41) is 7.40. The van der Waals surface area contributed by atoms with Crippen molar-refractivity contribution in [2.24, 2.45) is 0 Å². The molecule has 1 fully saturated rings. The van der Waals surface area contributed by atoms with Crippen LogP contribution in [0.2, 0.25) is 0 Å². The van der Waals surface area contributed by atoms with Gasteiger partial charge >= 0.3 is 0 Å². The summed E-state index contributed by atoms with van der Waals surface area (Å²) < 4.78 is 10.9. The largest absolute Gasteiger partial charge is 0.370 e. The maximum Gasteiger partial charge on any atom is 0.232 e. The van der Waals surface area contributed by atoms with E-state index >= 15 is 0 Å². The lowest BCUT2D eigenvalue weighted by Gasteiger charge is -2.22. The molecule has 0 spiro atoms. The van der Waals surface area contributed by atoms with E-state index in [0.717, 1.165) is 23.8 Å². The van der Waals surface area contributed by atoms with Gasteiger partial charge in [0.15, 0.2) is 0 Å². The fraction of sp³-hybridized carbons (Fsp3) is 0.833. The van der Waals surface area contributed by atoms with E-state index in [0.29, 0.717) is 17.8 Å². The summed E-state index contributed by atoms with van der Waals surface area (Å²) in [5.41, 5.74) is -0.456. The van der Waals surface area contributed by atoms with Gasteiger partial charge in [0, 0.05) is 24.7 Å². The second-order valence-corrected chi connectivity index (χ2v) is 5.86. The molecule has 2 heterocycles. The minimum Gasteiger partial charge on any atom is -0.370 e. The molecule has 18 heavy (non-hydrogen) atoms. The van der Waals surface area contributed by atoms with Gasteiger partial charge in [-0.1, -0.05) is 12.1 Å². The third kappa shape index (κ3) is 2.41. The first kappa shape index (κ1) is 13.8. The Kier molecular flexibility index (Phi) is 4.29. The van der Waals surface area contributed by atoms with Crippen LogP contribution >= 0.6 is 11.8 Å². The van der Waals surface area contributed by atoms with Crippen molar-refractivity contribution in [1.82, 2.24) is 15.5 Å². The topological polar surface area (TPSA) is 60.2 Å². The van der Waals surface area contributed by atoms with Gasteiger partial charge in [-0.05, 0) is 20.4 Å². The molecule has 2 rings (SSSR count). The Balaban J connectivity index is 2.20. The summed E-state index contributed by atoms with van der Waals surface area (Å²) in [6, 6.07) is 0.415. The molecular weight excluding hydrogens is 250 g/mol. The monoisotopic (exact) mass is 271 g/mol. The Labute approximate surface area is 112 Å². The molecule has 102 valence electrons. The van der Waals surface area contributed by atoms with E-state index < -0.39 is 5.60 Å². The van der Waals surface area contributed by atoms with Crippen molar-refractivity contribution >= 4 is 11.8 Å². The molecule has 0 saturated carbocycles. The number of likely N-dealkylation sites (N-methyl/N-ethyl adjacent to an activating group) is 1. The minimum atomic E-state index is -0.456. The molecular formula is C12H21N3O2S. The van der Waals surface area contributed by atoms with E-state index in [1.54, 1.807) is 7.11 Å². The predicted molar refractivity (Wildman–Crippen MR) is 71.9 cm³/mol. The molecule has 0 amide bonds. The summed E-state index contributed by atoms with van der Waals surface area (Å²) in [5.74, 6) is 3.80. The highest BCUT2D eigenvalue weighted by molar-refractivity contribution is 7.99. The number of aromatic nitrogens is 2. The van der Waals surface area contributed by atoms with Crippen LogP contribution in [0.4, 0.5) is 0 Å². The van der Waals surface area contributed by atoms with Crippen molar-refractivity contribution < 1.29 is 9.26 Å². The van der Waals surface area contributed by atoms with Crippen LogP contribution in [0.1, 0.15) is 37.9 Å². The molecule has 3 unspecified atom stereocenters. The Morgan fingerprint density at radius 2 is 2.33 bits per heavy atom. The zero-order valence-corrected chi connectivity index (χ0v) is 12.2. The Bertz CT molecular complexity index is 392. The number of hydrogen-bond donors (Lipinski definition) is 1. The van der Waals surface area contributed by atoms with Gasteiger partial charge in [0.05, 0.1) is 5.92 Å². The predicted octanol–water partition coefficient (Wildman–Crippen LogP) is 1.76. The first-order valence-corrected chi connectivity index (χ1v) is 7.44. The number of hydrogen-bond acceptors (Lipinski definition) is 6. The maximum absolute atomic E-state index is 5.50. The number of nitrogens with zero attached hydrogens (tertiary/aromatic N) is 2. The molecule has 1 aliphatic heterocycles. The van der Waals surface area contributed by atoms with Crippen LogP contribution in [0.3, 0.4) is 0 Å². The van der Waals surface area contributed by atoms with E-state index in [9.17, 15) is 0 Å². The van der Waals surface area contributed by atoms with Gasteiger partial charge in [0.25, 0.3) is 0 Å². The fourth-order valence-corrected chi connectivity index (χ4v) is 3.49. The second-order valence-electron chi connectivity index (χ2n) is 4.78. The third-order valence-corrected chi connectivity index (χ3v) is 5.00. The lowest BCUT2D eigenvalue weighted by Crippen LogP contribution is -2.31. The van der Waals surface area contributed by atoms with Crippen molar-refractivity contribution in [3.05, 3.63) is 11.7 Å². The number of nitrogens with one attached hydrogen (secondary N) is 1. The van der Waals surface area contributed by atoms with E-state index in [1.807, 2.05) is 25.7 Å². The van der Waals surface area contributed by atoms with Gasteiger partial charge in [-0.25, -0.2) is 0 Å². The second kappa shape index (κ2) is 5.59. The zero-order chi connectivity index (χ0) is 13.2. The molecule has 5 nitrogen and oxygen atoms in total. The van der Waals surface area contributed by atoms with E-state index in [2.05, 4.69) is 22.4 Å². The molecule has 1 aromatic rings. The number of rotatable bonds is 5. The van der Waals surface area contributed by atoms with Crippen LogP contribution in [0.15, 0.2) is 4.52 Å². The van der Waals surface area contributed by atoms with Gasteiger partial charge in [-0.15, -0.1) is 0 Å². The van der Waals surface area contributed by atoms with Gasteiger partial charge in [-0.2, -0.15) is 16.7 Å². The molecule has 1 aliphatic rings. The first-order valence-electron chi connectivity index (χ1n) is 6.29. The fourth-order valence-electron chi connectivity index (χ4n) is 2.08. The van der Waals surface area contributed by atoms with Crippen LogP contribution in [0.25, 0.3) is 0 Å². The van der Waals surface area contributed by atoms with Crippen molar-refractivity contribution in [2.45, 2.75) is 37.8 Å². The number of thioether (sulfide) groups is 1. The van der Waals surface area contributed by atoms with Gasteiger partial charge in [0.1, 0.15) is 5.60 Å².